The summed E-state index contributed by atoms with van der Waals surface area (Å²) < 4.78 is 0. The SMILES string of the molecule is O=C(O)CCC(=O)N[C@@H](c1ccccc1)C(c1ccccc1)c1ccccc1. The van der Waals surface area contributed by atoms with Gasteiger partial charge in [-0.1, -0.05) is 91.0 Å². The fraction of sp³-hybridized carbons (Fsp3) is 0.167. The summed E-state index contributed by atoms with van der Waals surface area (Å²) in [6.07, 6.45) is -0.232. The maximum Gasteiger partial charge on any atom is 0.303 e. The fourth-order valence-electron chi connectivity index (χ4n) is 3.38. The van der Waals surface area contributed by atoms with Crippen LogP contribution >= 0.6 is 0 Å². The van der Waals surface area contributed by atoms with E-state index in [0.29, 0.717) is 0 Å². The van der Waals surface area contributed by atoms with Crippen molar-refractivity contribution in [1.29, 1.82) is 0 Å². The highest BCUT2D eigenvalue weighted by Gasteiger charge is 2.28. The van der Waals surface area contributed by atoms with Crippen LogP contribution in [0, 0.1) is 0 Å². The Morgan fingerprint density at radius 3 is 1.54 bits per heavy atom. The number of amides is 1. The lowest BCUT2D eigenvalue weighted by Crippen LogP contribution is -2.33. The smallest absolute Gasteiger partial charge is 0.303 e. The Bertz CT molecular complexity index is 855. The number of carboxylic acid groups (broad SMARTS) is 1. The van der Waals surface area contributed by atoms with E-state index >= 15 is 0 Å². The second-order valence-corrected chi connectivity index (χ2v) is 6.65. The molecule has 3 aromatic rings. The Labute approximate surface area is 164 Å². The van der Waals surface area contributed by atoms with Crippen molar-refractivity contribution in [3.05, 3.63) is 108 Å². The molecule has 0 saturated carbocycles. The van der Waals surface area contributed by atoms with E-state index in [1.807, 2.05) is 66.7 Å². The highest BCUT2D eigenvalue weighted by Crippen LogP contribution is 2.36. The third-order valence-corrected chi connectivity index (χ3v) is 4.69. The Morgan fingerprint density at radius 1 is 0.679 bits per heavy atom. The number of carboxylic acids is 1. The maximum absolute atomic E-state index is 12.5. The molecule has 0 fully saturated rings. The molecule has 3 aromatic carbocycles. The minimum Gasteiger partial charge on any atom is -0.481 e. The van der Waals surface area contributed by atoms with Crippen LogP contribution in [0.3, 0.4) is 0 Å². The molecule has 0 unspecified atom stereocenters. The van der Waals surface area contributed by atoms with Gasteiger partial charge >= 0.3 is 5.97 Å². The molecule has 4 heteroatoms. The van der Waals surface area contributed by atoms with Gasteiger partial charge in [0.15, 0.2) is 0 Å². The normalized spacial score (nSPS) is 11.8. The number of nitrogens with one attached hydrogen (secondary N) is 1. The quantitative estimate of drug-likeness (QED) is 0.609. The van der Waals surface area contributed by atoms with Crippen LogP contribution in [0.15, 0.2) is 91.0 Å². The molecule has 28 heavy (non-hydrogen) atoms. The van der Waals surface area contributed by atoms with Gasteiger partial charge < -0.3 is 10.4 Å². The Hall–Kier alpha value is -3.40. The second-order valence-electron chi connectivity index (χ2n) is 6.65. The first-order valence-electron chi connectivity index (χ1n) is 9.31. The van der Waals surface area contributed by atoms with Crippen molar-refractivity contribution in [2.75, 3.05) is 0 Å². The summed E-state index contributed by atoms with van der Waals surface area (Å²) in [6.45, 7) is 0. The lowest BCUT2D eigenvalue weighted by molar-refractivity contribution is -0.138. The first kappa shape index (κ1) is 19.4. The standard InChI is InChI=1S/C24H23NO3/c26-21(16-17-22(27)28)25-24(20-14-8-3-9-15-20)23(18-10-4-1-5-11-18)19-12-6-2-7-13-19/h1-15,23-24H,16-17H2,(H,25,26)(H,27,28)/t24-/m0/s1. The van der Waals surface area contributed by atoms with Crippen molar-refractivity contribution in [2.24, 2.45) is 0 Å². The van der Waals surface area contributed by atoms with Gasteiger partial charge in [-0.25, -0.2) is 0 Å². The van der Waals surface area contributed by atoms with Crippen LogP contribution in [0.1, 0.15) is 41.5 Å². The largest absolute Gasteiger partial charge is 0.481 e. The average molecular weight is 373 g/mol. The molecule has 0 radical (unpaired) electrons. The molecule has 0 aromatic heterocycles. The molecule has 0 aliphatic heterocycles. The summed E-state index contributed by atoms with van der Waals surface area (Å²) in [5.41, 5.74) is 3.14. The lowest BCUT2D eigenvalue weighted by atomic mass is 9.81. The van der Waals surface area contributed by atoms with Gasteiger partial charge in [0.1, 0.15) is 0 Å². The van der Waals surface area contributed by atoms with Crippen molar-refractivity contribution >= 4 is 11.9 Å². The van der Waals surface area contributed by atoms with E-state index in [1.54, 1.807) is 0 Å². The van der Waals surface area contributed by atoms with Gasteiger partial charge in [0.2, 0.25) is 5.91 Å². The summed E-state index contributed by atoms with van der Waals surface area (Å²) in [6, 6.07) is 29.6. The predicted octanol–water partition coefficient (Wildman–Crippen LogP) is 4.54. The molecule has 2 N–H and O–H groups in total. The zero-order valence-electron chi connectivity index (χ0n) is 15.5. The van der Waals surface area contributed by atoms with Gasteiger partial charge in [0.25, 0.3) is 0 Å². The third kappa shape index (κ3) is 5.07. The Balaban J connectivity index is 2.01. The number of hydrogen-bond donors (Lipinski definition) is 2. The number of benzene rings is 3. The maximum atomic E-state index is 12.5. The number of aliphatic carboxylic acids is 1. The fourth-order valence-corrected chi connectivity index (χ4v) is 3.38. The molecule has 142 valence electrons. The molecule has 0 spiro atoms. The zero-order valence-corrected chi connectivity index (χ0v) is 15.5. The molecule has 3 rings (SSSR count). The average Bonchev–Trinajstić information content (AvgIpc) is 2.74. The van der Waals surface area contributed by atoms with Gasteiger partial charge in [-0.2, -0.15) is 0 Å². The molecule has 0 heterocycles. The topological polar surface area (TPSA) is 66.4 Å². The molecule has 0 aliphatic carbocycles. The second kappa shape index (κ2) is 9.51. The van der Waals surface area contributed by atoms with Crippen molar-refractivity contribution < 1.29 is 14.7 Å². The van der Waals surface area contributed by atoms with E-state index < -0.39 is 5.97 Å². The van der Waals surface area contributed by atoms with E-state index in [-0.39, 0.29) is 30.7 Å². The summed E-state index contributed by atoms with van der Waals surface area (Å²) in [7, 11) is 0. The van der Waals surface area contributed by atoms with Gasteiger partial charge in [0.05, 0.1) is 12.5 Å². The summed E-state index contributed by atoms with van der Waals surface area (Å²) in [5, 5.41) is 12.0. The van der Waals surface area contributed by atoms with Crippen molar-refractivity contribution in [3.63, 3.8) is 0 Å². The predicted molar refractivity (Wildman–Crippen MR) is 109 cm³/mol. The monoisotopic (exact) mass is 373 g/mol. The number of carbonyl (C=O) groups is 2. The van der Waals surface area contributed by atoms with Crippen LogP contribution in [-0.2, 0) is 9.59 Å². The molecular weight excluding hydrogens is 350 g/mol. The molecular formula is C24H23NO3. The first-order chi connectivity index (χ1) is 13.6. The van der Waals surface area contributed by atoms with Crippen molar-refractivity contribution in [1.82, 2.24) is 5.32 Å². The van der Waals surface area contributed by atoms with Crippen LogP contribution < -0.4 is 5.32 Å². The molecule has 1 atom stereocenters. The Kier molecular flexibility index (Phi) is 6.58. The van der Waals surface area contributed by atoms with Crippen LogP contribution in [0.2, 0.25) is 0 Å². The molecule has 1 amide bonds. The molecule has 0 aliphatic rings. The van der Waals surface area contributed by atoms with Crippen molar-refractivity contribution in [3.8, 4) is 0 Å². The number of carbonyl (C=O) groups excluding carboxylic acids is 1. The highest BCUT2D eigenvalue weighted by molar-refractivity contribution is 5.81. The summed E-state index contributed by atoms with van der Waals surface area (Å²) in [5.74, 6) is -1.35. The van der Waals surface area contributed by atoms with E-state index in [0.717, 1.165) is 16.7 Å². The Morgan fingerprint density at radius 2 is 1.11 bits per heavy atom. The van der Waals surface area contributed by atoms with Gasteiger partial charge in [-0.3, -0.25) is 9.59 Å². The molecule has 0 saturated heterocycles. The minimum atomic E-state index is -0.978. The van der Waals surface area contributed by atoms with Crippen molar-refractivity contribution in [2.45, 2.75) is 24.8 Å². The van der Waals surface area contributed by atoms with Gasteiger partial charge in [0, 0.05) is 12.3 Å². The van der Waals surface area contributed by atoms with E-state index in [4.69, 9.17) is 5.11 Å². The zero-order chi connectivity index (χ0) is 19.8. The van der Waals surface area contributed by atoms with Gasteiger partial charge in [-0.05, 0) is 16.7 Å². The van der Waals surface area contributed by atoms with Gasteiger partial charge in [-0.15, -0.1) is 0 Å². The first-order valence-corrected chi connectivity index (χ1v) is 9.31. The van der Waals surface area contributed by atoms with Crippen LogP contribution in [-0.4, -0.2) is 17.0 Å². The molecule has 0 bridgehead atoms. The third-order valence-electron chi connectivity index (χ3n) is 4.69. The van der Waals surface area contributed by atoms with Crippen LogP contribution in [0.4, 0.5) is 0 Å². The summed E-state index contributed by atoms with van der Waals surface area (Å²) in [4.78, 5) is 23.4. The minimum absolute atomic E-state index is 0.0467. The molecule has 4 nitrogen and oxygen atoms in total. The number of hydrogen-bond acceptors (Lipinski definition) is 2. The van der Waals surface area contributed by atoms with Crippen LogP contribution in [0.25, 0.3) is 0 Å². The van der Waals surface area contributed by atoms with Crippen LogP contribution in [0.5, 0.6) is 0 Å². The number of rotatable bonds is 8. The van der Waals surface area contributed by atoms with E-state index in [2.05, 4.69) is 29.6 Å². The lowest BCUT2D eigenvalue weighted by Gasteiger charge is -2.29. The highest BCUT2D eigenvalue weighted by atomic mass is 16.4. The van der Waals surface area contributed by atoms with E-state index in [9.17, 15) is 9.59 Å². The van der Waals surface area contributed by atoms with E-state index in [1.165, 1.54) is 0 Å². The summed E-state index contributed by atoms with van der Waals surface area (Å²) >= 11 is 0.